The molecule has 9 heteroatoms. The lowest BCUT2D eigenvalue weighted by molar-refractivity contribution is -0.336. The zero-order valence-corrected chi connectivity index (χ0v) is 13.0. The molecule has 1 amide bonds. The van der Waals surface area contributed by atoms with Crippen molar-refractivity contribution in [3.8, 4) is 0 Å². The molecule has 2 nitrogen and oxygen atoms in total. The highest BCUT2D eigenvalue weighted by molar-refractivity contribution is 9.10. The Balaban J connectivity index is 1.70. The van der Waals surface area contributed by atoms with E-state index in [9.17, 15) is 31.1 Å². The molecule has 0 aliphatic heterocycles. The number of nitrogens with one attached hydrogen (secondary N) is 1. The number of carbonyl (C=O) groups excluding carboxylic acids is 1. The Bertz CT molecular complexity index is 661. The maximum absolute atomic E-state index is 12.7. The van der Waals surface area contributed by atoms with Crippen molar-refractivity contribution in [2.24, 2.45) is 5.41 Å². The van der Waals surface area contributed by atoms with Crippen LogP contribution in [0.4, 0.5) is 26.3 Å². The first kappa shape index (κ1) is 16.6. The first-order valence-corrected chi connectivity index (χ1v) is 7.43. The van der Waals surface area contributed by atoms with E-state index in [2.05, 4.69) is 21.2 Å². The summed E-state index contributed by atoms with van der Waals surface area (Å²) in [4.78, 5) is 12.1. The Labute approximate surface area is 135 Å². The van der Waals surface area contributed by atoms with Crippen LogP contribution in [0.2, 0.25) is 0 Å². The van der Waals surface area contributed by atoms with Crippen LogP contribution in [0.15, 0.2) is 22.7 Å². The number of halogens is 7. The molecular formula is C14H10BrF6NO. The summed E-state index contributed by atoms with van der Waals surface area (Å²) in [7, 11) is 0. The molecule has 1 N–H and O–H groups in total. The molecule has 0 spiro atoms. The van der Waals surface area contributed by atoms with Gasteiger partial charge in [0.1, 0.15) is 0 Å². The Hall–Kier alpha value is -1.25. The first-order valence-electron chi connectivity index (χ1n) is 6.64. The zero-order valence-electron chi connectivity index (χ0n) is 11.4. The van der Waals surface area contributed by atoms with Crippen LogP contribution in [0.25, 0.3) is 0 Å². The van der Waals surface area contributed by atoms with Gasteiger partial charge in [-0.2, -0.15) is 26.3 Å². The fourth-order valence-corrected chi connectivity index (χ4v) is 3.96. The van der Waals surface area contributed by atoms with Crippen LogP contribution >= 0.6 is 15.9 Å². The van der Waals surface area contributed by atoms with Crippen molar-refractivity contribution < 1.29 is 31.1 Å². The Morgan fingerprint density at radius 2 is 1.65 bits per heavy atom. The van der Waals surface area contributed by atoms with Gasteiger partial charge in [-0.3, -0.25) is 4.79 Å². The van der Waals surface area contributed by atoms with Gasteiger partial charge in [0, 0.05) is 10.0 Å². The lowest BCUT2D eigenvalue weighted by Crippen LogP contribution is -2.78. The third-order valence-electron chi connectivity index (χ3n) is 4.55. The van der Waals surface area contributed by atoms with E-state index in [-0.39, 0.29) is 29.3 Å². The van der Waals surface area contributed by atoms with E-state index < -0.39 is 34.8 Å². The second kappa shape index (κ2) is 4.64. The maximum Gasteiger partial charge on any atom is 0.416 e. The van der Waals surface area contributed by atoms with Crippen molar-refractivity contribution in [3.05, 3.63) is 33.8 Å². The van der Waals surface area contributed by atoms with E-state index in [4.69, 9.17) is 0 Å². The molecule has 3 aliphatic carbocycles. The average molecular weight is 402 g/mol. The van der Waals surface area contributed by atoms with E-state index >= 15 is 0 Å². The Morgan fingerprint density at radius 1 is 1.09 bits per heavy atom. The van der Waals surface area contributed by atoms with Gasteiger partial charge in [-0.15, -0.1) is 0 Å². The molecule has 0 unspecified atom stereocenters. The predicted octanol–water partition coefficient (Wildman–Crippen LogP) is 4.68. The maximum atomic E-state index is 12.7. The number of carbonyl (C=O) groups is 1. The SMILES string of the molecule is O=C(NC12CC(C(F)(F)F)(C1)C2)c1ccc(C(F)(F)F)cc1Br. The van der Waals surface area contributed by atoms with Gasteiger partial charge in [-0.05, 0) is 53.4 Å². The third kappa shape index (κ3) is 2.53. The van der Waals surface area contributed by atoms with Gasteiger partial charge < -0.3 is 5.32 Å². The van der Waals surface area contributed by atoms with Gasteiger partial charge >= 0.3 is 12.4 Å². The molecule has 4 rings (SSSR count). The first-order chi connectivity index (χ1) is 10.4. The van der Waals surface area contributed by atoms with Gasteiger partial charge in [0.15, 0.2) is 0 Å². The zero-order chi connectivity index (χ0) is 17.3. The van der Waals surface area contributed by atoms with Crippen molar-refractivity contribution in [3.63, 3.8) is 0 Å². The molecule has 3 fully saturated rings. The van der Waals surface area contributed by atoms with Crippen molar-refractivity contribution in [2.45, 2.75) is 37.2 Å². The van der Waals surface area contributed by atoms with E-state index in [1.807, 2.05) is 0 Å². The number of alkyl halides is 6. The molecule has 0 saturated heterocycles. The summed E-state index contributed by atoms with van der Waals surface area (Å²) in [6.07, 6.45) is -9.34. The van der Waals surface area contributed by atoms with Gasteiger partial charge in [-0.25, -0.2) is 0 Å². The number of amides is 1. The van der Waals surface area contributed by atoms with E-state index in [1.165, 1.54) is 0 Å². The lowest BCUT2D eigenvalue weighted by Gasteiger charge is -2.70. The average Bonchev–Trinajstić information content (AvgIpc) is 2.28. The number of hydrogen-bond acceptors (Lipinski definition) is 1. The summed E-state index contributed by atoms with van der Waals surface area (Å²) >= 11 is 2.90. The second-order valence-corrected chi connectivity index (χ2v) is 7.09. The largest absolute Gasteiger partial charge is 0.416 e. The highest BCUT2D eigenvalue weighted by atomic mass is 79.9. The van der Waals surface area contributed by atoms with Crippen LogP contribution in [0, 0.1) is 5.41 Å². The molecule has 126 valence electrons. The van der Waals surface area contributed by atoms with Crippen LogP contribution in [0.1, 0.15) is 35.2 Å². The predicted molar refractivity (Wildman–Crippen MR) is 71.7 cm³/mol. The molecule has 0 aromatic heterocycles. The highest BCUT2D eigenvalue weighted by Gasteiger charge is 2.79. The molecule has 2 bridgehead atoms. The third-order valence-corrected chi connectivity index (χ3v) is 5.21. The van der Waals surface area contributed by atoms with Crippen LogP contribution in [0.3, 0.4) is 0 Å². The molecule has 3 saturated carbocycles. The summed E-state index contributed by atoms with van der Waals surface area (Å²) in [6, 6.07) is 2.54. The second-order valence-electron chi connectivity index (χ2n) is 6.24. The smallest absolute Gasteiger partial charge is 0.346 e. The van der Waals surface area contributed by atoms with Crippen molar-refractivity contribution in [1.29, 1.82) is 0 Å². The topological polar surface area (TPSA) is 29.1 Å². The van der Waals surface area contributed by atoms with Gasteiger partial charge in [0.2, 0.25) is 0 Å². The molecule has 1 aromatic carbocycles. The van der Waals surface area contributed by atoms with Crippen molar-refractivity contribution >= 4 is 21.8 Å². The summed E-state index contributed by atoms with van der Waals surface area (Å²) in [5.41, 5.74) is -3.53. The van der Waals surface area contributed by atoms with Gasteiger partial charge in [0.25, 0.3) is 5.91 Å². The summed E-state index contributed by atoms with van der Waals surface area (Å²) < 4.78 is 75.9. The van der Waals surface area contributed by atoms with Gasteiger partial charge in [0.05, 0.1) is 16.5 Å². The molecule has 1 aromatic rings. The molecule has 0 radical (unpaired) electrons. The summed E-state index contributed by atoms with van der Waals surface area (Å²) in [5, 5.41) is 2.52. The van der Waals surface area contributed by atoms with Crippen molar-refractivity contribution in [1.82, 2.24) is 5.32 Å². The lowest BCUT2D eigenvalue weighted by atomic mass is 9.39. The number of hydrogen-bond donors (Lipinski definition) is 1. The summed E-state index contributed by atoms with van der Waals surface area (Å²) in [5.74, 6) is -0.680. The minimum Gasteiger partial charge on any atom is -0.346 e. The molecule has 23 heavy (non-hydrogen) atoms. The van der Waals surface area contributed by atoms with E-state index in [0.717, 1.165) is 18.2 Å². The number of benzene rings is 1. The van der Waals surface area contributed by atoms with Crippen LogP contribution in [-0.2, 0) is 6.18 Å². The van der Waals surface area contributed by atoms with E-state index in [1.54, 1.807) is 0 Å². The minimum absolute atomic E-state index is 0.0382. The highest BCUT2D eigenvalue weighted by Crippen LogP contribution is 2.73. The van der Waals surface area contributed by atoms with Crippen LogP contribution < -0.4 is 5.32 Å². The fraction of sp³-hybridized carbons (Fsp3) is 0.500. The van der Waals surface area contributed by atoms with Gasteiger partial charge in [-0.1, -0.05) is 0 Å². The van der Waals surface area contributed by atoms with Crippen LogP contribution in [0.5, 0.6) is 0 Å². The fourth-order valence-electron chi connectivity index (χ4n) is 3.40. The van der Waals surface area contributed by atoms with Crippen LogP contribution in [-0.4, -0.2) is 17.6 Å². The van der Waals surface area contributed by atoms with Crippen molar-refractivity contribution in [2.75, 3.05) is 0 Å². The minimum atomic E-state index is -4.54. The normalized spacial score (nSPS) is 29.5. The number of rotatable bonds is 2. The Kier molecular flexibility index (Phi) is 3.35. The standard InChI is InChI=1S/C14H10BrF6NO/c15-9-3-7(13(16,17)18)1-2-8(9)10(23)22-12-4-11(5-12,6-12)14(19,20)21/h1-3H,4-6H2,(H,22,23). The molecular weight excluding hydrogens is 392 g/mol. The summed E-state index contributed by atoms with van der Waals surface area (Å²) in [6.45, 7) is 0. The molecule has 0 atom stereocenters. The quantitative estimate of drug-likeness (QED) is 0.716. The Morgan fingerprint density at radius 3 is 2.09 bits per heavy atom. The molecule has 3 aliphatic rings. The molecule has 0 heterocycles. The van der Waals surface area contributed by atoms with E-state index in [0.29, 0.717) is 0 Å². The monoisotopic (exact) mass is 401 g/mol.